The first-order valence-corrected chi connectivity index (χ1v) is 9.45. The fourth-order valence-electron chi connectivity index (χ4n) is 2.91. The Labute approximate surface area is 157 Å². The molecular weight excluding hydrogens is 356 g/mol. The molecule has 25 heavy (non-hydrogen) atoms. The summed E-state index contributed by atoms with van der Waals surface area (Å²) in [6.45, 7) is 7.55. The van der Waals surface area contributed by atoms with E-state index < -0.39 is 10.0 Å². The zero-order valence-electron chi connectivity index (χ0n) is 15.5. The van der Waals surface area contributed by atoms with E-state index in [1.54, 1.807) is 26.2 Å². The highest BCUT2D eigenvalue weighted by molar-refractivity contribution is 7.89. The quantitative estimate of drug-likeness (QED) is 0.830. The van der Waals surface area contributed by atoms with Gasteiger partial charge in [-0.3, -0.25) is 0 Å². The molecule has 2 rings (SSSR count). The Bertz CT molecular complexity index is 810. The van der Waals surface area contributed by atoms with Crippen molar-refractivity contribution in [3.8, 4) is 0 Å². The lowest BCUT2D eigenvalue weighted by molar-refractivity contribution is 0.518. The van der Waals surface area contributed by atoms with Crippen LogP contribution >= 0.6 is 12.4 Å². The van der Waals surface area contributed by atoms with Crippen molar-refractivity contribution in [2.75, 3.05) is 14.1 Å². The fourth-order valence-corrected chi connectivity index (χ4v) is 4.02. The first kappa shape index (κ1) is 21.6. The molecule has 0 bridgehead atoms. The molecule has 0 saturated heterocycles. The number of hydrogen-bond donors (Lipinski definition) is 1. The summed E-state index contributed by atoms with van der Waals surface area (Å²) in [5, 5.41) is 3.39. The Morgan fingerprint density at radius 2 is 1.52 bits per heavy atom. The average Bonchev–Trinajstić information content (AvgIpc) is 2.50. The van der Waals surface area contributed by atoms with Crippen molar-refractivity contribution in [3.05, 3.63) is 64.2 Å². The van der Waals surface area contributed by atoms with Gasteiger partial charge in [0.05, 0.1) is 4.90 Å². The van der Waals surface area contributed by atoms with Gasteiger partial charge in [-0.15, -0.1) is 12.4 Å². The normalized spacial score (nSPS) is 11.4. The fraction of sp³-hybridized carbons (Fsp3) is 0.368. The van der Waals surface area contributed by atoms with Crippen LogP contribution in [0.1, 0.15) is 27.8 Å². The molecular formula is C19H27ClN2O2S. The average molecular weight is 383 g/mol. The van der Waals surface area contributed by atoms with E-state index in [1.807, 2.05) is 12.1 Å². The summed E-state index contributed by atoms with van der Waals surface area (Å²) < 4.78 is 26.1. The molecule has 0 saturated carbocycles. The van der Waals surface area contributed by atoms with Gasteiger partial charge in [0.25, 0.3) is 0 Å². The smallest absolute Gasteiger partial charge is 0.242 e. The van der Waals surface area contributed by atoms with E-state index >= 15 is 0 Å². The Morgan fingerprint density at radius 1 is 0.960 bits per heavy atom. The van der Waals surface area contributed by atoms with Gasteiger partial charge >= 0.3 is 0 Å². The lowest BCUT2D eigenvalue weighted by atomic mass is 10.00. The Morgan fingerprint density at radius 3 is 2.08 bits per heavy atom. The van der Waals surface area contributed by atoms with Gasteiger partial charge in [-0.1, -0.05) is 35.9 Å². The zero-order valence-corrected chi connectivity index (χ0v) is 17.1. The molecule has 6 heteroatoms. The number of sulfonamides is 1. The van der Waals surface area contributed by atoms with Crippen molar-refractivity contribution < 1.29 is 8.42 Å². The Kier molecular flexibility index (Phi) is 7.62. The first-order chi connectivity index (χ1) is 11.2. The number of aryl methyl sites for hydroxylation is 3. The lowest BCUT2D eigenvalue weighted by Crippen LogP contribution is -2.24. The minimum absolute atomic E-state index is 0. The van der Waals surface area contributed by atoms with Crippen LogP contribution in [0.5, 0.6) is 0 Å². The van der Waals surface area contributed by atoms with Crippen molar-refractivity contribution in [2.24, 2.45) is 0 Å². The maximum absolute atomic E-state index is 12.4. The summed E-state index contributed by atoms with van der Waals surface area (Å²) >= 11 is 0. The molecule has 0 atom stereocenters. The van der Waals surface area contributed by atoms with Gasteiger partial charge < -0.3 is 5.32 Å². The van der Waals surface area contributed by atoms with E-state index in [9.17, 15) is 8.42 Å². The van der Waals surface area contributed by atoms with Gasteiger partial charge in [0.15, 0.2) is 0 Å². The first-order valence-electron chi connectivity index (χ1n) is 8.01. The highest BCUT2D eigenvalue weighted by atomic mass is 35.5. The number of nitrogens with one attached hydrogen (secondary N) is 1. The summed E-state index contributed by atoms with van der Waals surface area (Å²) in [7, 11) is -0.323. The van der Waals surface area contributed by atoms with E-state index in [0.29, 0.717) is 18.0 Å². The SMILES string of the molecule is Cc1cc(C)c(CNCc2ccccc2S(=O)(=O)N(C)C)c(C)c1.Cl. The minimum Gasteiger partial charge on any atom is -0.309 e. The van der Waals surface area contributed by atoms with E-state index in [-0.39, 0.29) is 12.4 Å². The topological polar surface area (TPSA) is 49.4 Å². The molecule has 0 spiro atoms. The predicted octanol–water partition coefficient (Wildman–Crippen LogP) is 3.57. The van der Waals surface area contributed by atoms with Crippen molar-refractivity contribution in [3.63, 3.8) is 0 Å². The van der Waals surface area contributed by atoms with Crippen molar-refractivity contribution in [1.82, 2.24) is 9.62 Å². The molecule has 0 aliphatic rings. The van der Waals surface area contributed by atoms with Gasteiger partial charge in [-0.25, -0.2) is 12.7 Å². The number of halogens is 1. The van der Waals surface area contributed by atoms with E-state index in [2.05, 4.69) is 38.2 Å². The minimum atomic E-state index is -3.43. The molecule has 0 heterocycles. The molecule has 2 aromatic rings. The van der Waals surface area contributed by atoms with Crippen molar-refractivity contribution >= 4 is 22.4 Å². The van der Waals surface area contributed by atoms with Crippen LogP contribution in [0, 0.1) is 20.8 Å². The van der Waals surface area contributed by atoms with Crippen LogP contribution in [0.4, 0.5) is 0 Å². The highest BCUT2D eigenvalue weighted by Crippen LogP contribution is 2.19. The molecule has 0 aromatic heterocycles. The van der Waals surface area contributed by atoms with Crippen LogP contribution in [0.3, 0.4) is 0 Å². The third-order valence-electron chi connectivity index (χ3n) is 4.19. The maximum Gasteiger partial charge on any atom is 0.242 e. The van der Waals surface area contributed by atoms with Crippen LogP contribution in [0.15, 0.2) is 41.3 Å². The molecule has 138 valence electrons. The monoisotopic (exact) mass is 382 g/mol. The molecule has 0 fully saturated rings. The van der Waals surface area contributed by atoms with Gasteiger partial charge in [0, 0.05) is 27.2 Å². The van der Waals surface area contributed by atoms with Gasteiger partial charge in [-0.05, 0) is 49.1 Å². The Hall–Kier alpha value is -1.40. The molecule has 1 N–H and O–H groups in total. The van der Waals surface area contributed by atoms with Crippen LogP contribution in [0.2, 0.25) is 0 Å². The molecule has 2 aromatic carbocycles. The van der Waals surface area contributed by atoms with Gasteiger partial charge in [0.1, 0.15) is 0 Å². The second-order valence-electron chi connectivity index (χ2n) is 6.38. The summed E-state index contributed by atoms with van der Waals surface area (Å²) in [5.74, 6) is 0. The molecule has 0 amide bonds. The third kappa shape index (κ3) is 5.05. The number of rotatable bonds is 6. The number of benzene rings is 2. The van der Waals surface area contributed by atoms with Crippen LogP contribution in [-0.2, 0) is 23.1 Å². The van der Waals surface area contributed by atoms with Crippen LogP contribution < -0.4 is 5.32 Å². The number of nitrogens with zero attached hydrogens (tertiary/aromatic N) is 1. The summed E-state index contributed by atoms with van der Waals surface area (Å²) in [6, 6.07) is 11.5. The Balaban J connectivity index is 0.00000312. The second-order valence-corrected chi connectivity index (χ2v) is 8.50. The number of hydrogen-bond acceptors (Lipinski definition) is 3. The summed E-state index contributed by atoms with van der Waals surface area (Å²) in [6.07, 6.45) is 0. The van der Waals surface area contributed by atoms with Crippen molar-refractivity contribution in [1.29, 1.82) is 0 Å². The summed E-state index contributed by atoms with van der Waals surface area (Å²) in [5.41, 5.74) is 5.83. The standard InChI is InChI=1S/C19H26N2O2S.ClH/c1-14-10-15(2)18(16(3)11-14)13-20-12-17-8-6-7-9-19(17)24(22,23)21(4)5;/h6-11,20H,12-13H2,1-5H3;1H. The van der Waals surface area contributed by atoms with E-state index in [0.717, 1.165) is 5.56 Å². The van der Waals surface area contributed by atoms with Crippen molar-refractivity contribution in [2.45, 2.75) is 38.8 Å². The third-order valence-corrected chi connectivity index (χ3v) is 6.10. The van der Waals surface area contributed by atoms with Crippen LogP contribution in [0.25, 0.3) is 0 Å². The maximum atomic E-state index is 12.4. The van der Waals surface area contributed by atoms with E-state index in [4.69, 9.17) is 0 Å². The van der Waals surface area contributed by atoms with E-state index in [1.165, 1.54) is 26.6 Å². The second kappa shape index (κ2) is 8.81. The molecule has 0 unspecified atom stereocenters. The molecule has 4 nitrogen and oxygen atoms in total. The van der Waals surface area contributed by atoms with Gasteiger partial charge in [-0.2, -0.15) is 0 Å². The molecule has 0 aliphatic carbocycles. The largest absolute Gasteiger partial charge is 0.309 e. The van der Waals surface area contributed by atoms with Gasteiger partial charge in [0.2, 0.25) is 10.0 Å². The highest BCUT2D eigenvalue weighted by Gasteiger charge is 2.20. The molecule has 0 radical (unpaired) electrons. The molecule has 0 aliphatic heterocycles. The predicted molar refractivity (Wildman–Crippen MR) is 106 cm³/mol. The summed E-state index contributed by atoms with van der Waals surface area (Å²) in [4.78, 5) is 0.361. The zero-order chi connectivity index (χ0) is 17.9. The lowest BCUT2D eigenvalue weighted by Gasteiger charge is -2.16. The van der Waals surface area contributed by atoms with Crippen LogP contribution in [-0.4, -0.2) is 26.8 Å².